The Morgan fingerprint density at radius 3 is 2.83 bits per heavy atom. The Morgan fingerprint density at radius 2 is 2.09 bits per heavy atom. The third-order valence-electron chi connectivity index (χ3n) is 4.52. The van der Waals surface area contributed by atoms with E-state index in [9.17, 15) is 8.78 Å². The number of nitrogens with zero attached hydrogens (tertiary/aromatic N) is 3. The van der Waals surface area contributed by atoms with E-state index >= 15 is 0 Å². The minimum Gasteiger partial charge on any atom is -0.332 e. The van der Waals surface area contributed by atoms with Crippen LogP contribution in [-0.2, 0) is 6.54 Å². The average molecular weight is 319 g/mol. The number of rotatable bonds is 4. The van der Waals surface area contributed by atoms with Crippen molar-refractivity contribution in [2.24, 2.45) is 0 Å². The van der Waals surface area contributed by atoms with Gasteiger partial charge in [0.25, 0.3) is 0 Å². The highest BCUT2D eigenvalue weighted by Crippen LogP contribution is 2.28. The van der Waals surface area contributed by atoms with E-state index in [0.29, 0.717) is 18.5 Å². The van der Waals surface area contributed by atoms with Crippen LogP contribution in [0.5, 0.6) is 0 Å². The molecule has 3 rings (SSSR count). The number of hydrogen-bond acceptors (Lipinski definition) is 2. The third-order valence-corrected chi connectivity index (χ3v) is 4.52. The highest BCUT2D eigenvalue weighted by atomic mass is 19.2. The van der Waals surface area contributed by atoms with Crippen molar-refractivity contribution < 1.29 is 8.78 Å². The van der Waals surface area contributed by atoms with Crippen molar-refractivity contribution >= 4 is 0 Å². The summed E-state index contributed by atoms with van der Waals surface area (Å²) in [7, 11) is 0. The van der Waals surface area contributed by atoms with Crippen molar-refractivity contribution in [3.8, 4) is 0 Å². The molecule has 23 heavy (non-hydrogen) atoms. The number of benzene rings is 1. The van der Waals surface area contributed by atoms with Crippen molar-refractivity contribution in [3.05, 3.63) is 53.6 Å². The van der Waals surface area contributed by atoms with Crippen molar-refractivity contribution in [1.82, 2.24) is 14.5 Å². The van der Waals surface area contributed by atoms with Crippen LogP contribution in [0, 0.1) is 11.6 Å². The molecule has 0 saturated carbocycles. The lowest BCUT2D eigenvalue weighted by Gasteiger charge is -2.33. The second-order valence-corrected chi connectivity index (χ2v) is 6.61. The molecule has 0 bridgehead atoms. The molecule has 1 aliphatic rings. The lowest BCUT2D eigenvalue weighted by atomic mass is 9.96. The zero-order valence-electron chi connectivity index (χ0n) is 13.7. The van der Waals surface area contributed by atoms with Gasteiger partial charge in [0.15, 0.2) is 11.6 Å². The summed E-state index contributed by atoms with van der Waals surface area (Å²) < 4.78 is 28.6. The predicted molar refractivity (Wildman–Crippen MR) is 86.2 cm³/mol. The van der Waals surface area contributed by atoms with Crippen LogP contribution < -0.4 is 0 Å². The first-order chi connectivity index (χ1) is 11.0. The van der Waals surface area contributed by atoms with E-state index in [4.69, 9.17) is 0 Å². The first kappa shape index (κ1) is 16.1. The molecule has 1 aromatic carbocycles. The van der Waals surface area contributed by atoms with Crippen LogP contribution >= 0.6 is 0 Å². The third kappa shape index (κ3) is 3.61. The van der Waals surface area contributed by atoms with Crippen LogP contribution in [0.4, 0.5) is 8.78 Å². The molecular weight excluding hydrogens is 296 g/mol. The number of aromatic nitrogens is 2. The summed E-state index contributed by atoms with van der Waals surface area (Å²) in [6.07, 6.45) is 6.12. The van der Waals surface area contributed by atoms with Crippen LogP contribution in [0.2, 0.25) is 0 Å². The second-order valence-electron chi connectivity index (χ2n) is 6.61. The topological polar surface area (TPSA) is 21.1 Å². The van der Waals surface area contributed by atoms with E-state index in [0.717, 1.165) is 37.3 Å². The Morgan fingerprint density at radius 1 is 1.26 bits per heavy atom. The smallest absolute Gasteiger partial charge is 0.159 e. The maximum atomic E-state index is 13.4. The molecule has 0 aliphatic carbocycles. The summed E-state index contributed by atoms with van der Waals surface area (Å²) in [5.41, 5.74) is 0.816. The fourth-order valence-corrected chi connectivity index (χ4v) is 3.38. The average Bonchev–Trinajstić information content (AvgIpc) is 3.01. The second kappa shape index (κ2) is 6.79. The summed E-state index contributed by atoms with van der Waals surface area (Å²) in [6.45, 7) is 6.86. The molecule has 0 spiro atoms. The van der Waals surface area contributed by atoms with E-state index in [1.165, 1.54) is 12.1 Å². The summed E-state index contributed by atoms with van der Waals surface area (Å²) >= 11 is 0. The highest BCUT2D eigenvalue weighted by Gasteiger charge is 2.25. The predicted octanol–water partition coefficient (Wildman–Crippen LogP) is 4.12. The summed E-state index contributed by atoms with van der Waals surface area (Å²) in [6, 6.07) is 4.57. The molecule has 0 N–H and O–H groups in total. The molecule has 124 valence electrons. The van der Waals surface area contributed by atoms with Gasteiger partial charge in [-0.2, -0.15) is 0 Å². The molecule has 1 fully saturated rings. The highest BCUT2D eigenvalue weighted by molar-refractivity contribution is 5.18. The molecule has 2 heterocycles. The van der Waals surface area contributed by atoms with Gasteiger partial charge >= 0.3 is 0 Å². The van der Waals surface area contributed by atoms with Gasteiger partial charge in [0.1, 0.15) is 5.82 Å². The fraction of sp³-hybridized carbons (Fsp3) is 0.500. The zero-order chi connectivity index (χ0) is 16.4. The number of likely N-dealkylation sites (tertiary alicyclic amines) is 1. The lowest BCUT2D eigenvalue weighted by molar-refractivity contribution is 0.193. The standard InChI is InChI=1S/C18H23F2N3/c1-13(2)23-9-7-21-18(23)15-4-3-8-22(12-15)11-14-5-6-16(19)17(20)10-14/h5-7,9-10,13,15H,3-4,8,11-12H2,1-2H3/t15-/m1/s1. The molecule has 1 saturated heterocycles. The van der Waals surface area contributed by atoms with Gasteiger partial charge in [0, 0.05) is 37.4 Å². The number of hydrogen-bond donors (Lipinski definition) is 0. The van der Waals surface area contributed by atoms with E-state index in [2.05, 4.69) is 28.3 Å². The molecule has 1 aliphatic heterocycles. The lowest BCUT2D eigenvalue weighted by Crippen LogP contribution is -2.35. The van der Waals surface area contributed by atoms with E-state index < -0.39 is 11.6 Å². The quantitative estimate of drug-likeness (QED) is 0.845. The Balaban J connectivity index is 1.70. The van der Waals surface area contributed by atoms with Crippen LogP contribution in [0.1, 0.15) is 50.0 Å². The van der Waals surface area contributed by atoms with E-state index in [1.54, 1.807) is 6.07 Å². The van der Waals surface area contributed by atoms with Gasteiger partial charge in [0.05, 0.1) is 0 Å². The van der Waals surface area contributed by atoms with E-state index in [1.807, 2.05) is 12.4 Å². The first-order valence-electron chi connectivity index (χ1n) is 8.23. The summed E-state index contributed by atoms with van der Waals surface area (Å²) in [4.78, 5) is 6.86. The maximum Gasteiger partial charge on any atom is 0.159 e. The van der Waals surface area contributed by atoms with Crippen LogP contribution in [0.25, 0.3) is 0 Å². The number of piperidine rings is 1. The molecule has 0 radical (unpaired) electrons. The number of imidazole rings is 1. The van der Waals surface area contributed by atoms with Crippen molar-refractivity contribution in [2.45, 2.75) is 45.2 Å². The van der Waals surface area contributed by atoms with Gasteiger partial charge in [-0.3, -0.25) is 4.90 Å². The monoisotopic (exact) mass is 319 g/mol. The van der Waals surface area contributed by atoms with Gasteiger partial charge < -0.3 is 4.57 Å². The Labute approximate surface area is 135 Å². The minimum atomic E-state index is -0.788. The fourth-order valence-electron chi connectivity index (χ4n) is 3.38. The number of halogens is 2. The van der Waals surface area contributed by atoms with Crippen molar-refractivity contribution in [1.29, 1.82) is 0 Å². The van der Waals surface area contributed by atoms with Crippen LogP contribution in [0.3, 0.4) is 0 Å². The normalized spacial score (nSPS) is 19.4. The Bertz CT molecular complexity index is 666. The molecular formula is C18H23F2N3. The van der Waals surface area contributed by atoms with Gasteiger partial charge in [-0.25, -0.2) is 13.8 Å². The van der Waals surface area contributed by atoms with Gasteiger partial charge in [-0.15, -0.1) is 0 Å². The SMILES string of the molecule is CC(C)n1ccnc1[C@@H]1CCCN(Cc2ccc(F)c(F)c2)C1. The Kier molecular flexibility index (Phi) is 4.76. The molecule has 1 atom stereocenters. The summed E-state index contributed by atoms with van der Waals surface area (Å²) in [5.74, 6) is -0.0305. The van der Waals surface area contributed by atoms with E-state index in [-0.39, 0.29) is 0 Å². The minimum absolute atomic E-state index is 0.395. The van der Waals surface area contributed by atoms with Crippen LogP contribution in [-0.4, -0.2) is 27.5 Å². The zero-order valence-corrected chi connectivity index (χ0v) is 13.7. The molecule has 5 heteroatoms. The Hall–Kier alpha value is -1.75. The first-order valence-corrected chi connectivity index (χ1v) is 8.23. The molecule has 3 nitrogen and oxygen atoms in total. The largest absolute Gasteiger partial charge is 0.332 e. The summed E-state index contributed by atoms with van der Waals surface area (Å²) in [5, 5.41) is 0. The van der Waals surface area contributed by atoms with Gasteiger partial charge in [0.2, 0.25) is 0 Å². The molecule has 1 aromatic heterocycles. The molecule has 2 aromatic rings. The maximum absolute atomic E-state index is 13.4. The van der Waals surface area contributed by atoms with Crippen molar-refractivity contribution in [3.63, 3.8) is 0 Å². The molecule has 0 amide bonds. The van der Waals surface area contributed by atoms with Crippen molar-refractivity contribution in [2.75, 3.05) is 13.1 Å². The molecule has 0 unspecified atom stereocenters. The van der Waals surface area contributed by atoms with Gasteiger partial charge in [-0.1, -0.05) is 6.07 Å². The van der Waals surface area contributed by atoms with Crippen LogP contribution in [0.15, 0.2) is 30.6 Å². The van der Waals surface area contributed by atoms with Gasteiger partial charge in [-0.05, 0) is 50.9 Å².